The van der Waals surface area contributed by atoms with Crippen LogP contribution in [0.25, 0.3) is 0 Å². The molecule has 0 N–H and O–H groups in total. The number of hydrogen-bond acceptors (Lipinski definition) is 2. The number of hydrogen-bond donors (Lipinski definition) is 0. The van der Waals surface area contributed by atoms with Gasteiger partial charge in [-0.3, -0.25) is 9.78 Å². The summed E-state index contributed by atoms with van der Waals surface area (Å²) in [6, 6.07) is 0.926. The third-order valence-corrected chi connectivity index (χ3v) is 1.78. The zero-order chi connectivity index (χ0) is 12.6. The Labute approximate surface area is 87.1 Å². The van der Waals surface area contributed by atoms with E-state index >= 15 is 0 Å². The van der Waals surface area contributed by atoms with Crippen molar-refractivity contribution in [3.05, 3.63) is 29.6 Å². The number of carbonyl (C=O) groups excluding carboxylic acids is 1. The first-order chi connectivity index (χ1) is 7.16. The Bertz CT molecular complexity index is 413. The van der Waals surface area contributed by atoms with Crippen LogP contribution in [-0.2, 0) is 0 Å². The van der Waals surface area contributed by atoms with E-state index in [1.54, 1.807) is 0 Å². The zero-order valence-electron chi connectivity index (χ0n) is 7.98. The average Bonchev–Trinajstić information content (AvgIpc) is 2.14. The van der Waals surface area contributed by atoms with Crippen LogP contribution in [0.15, 0.2) is 18.5 Å². The Morgan fingerprint density at radius 2 is 1.75 bits per heavy atom. The molecule has 0 aliphatic rings. The van der Waals surface area contributed by atoms with Gasteiger partial charge < -0.3 is 0 Å². The lowest BCUT2D eigenvalue weighted by atomic mass is 10.1. The van der Waals surface area contributed by atoms with Crippen LogP contribution in [0.3, 0.4) is 0 Å². The maximum Gasteiger partial charge on any atom is 0.461 e. The molecule has 0 saturated carbocycles. The first-order valence-electron chi connectivity index (χ1n) is 4.07. The molecule has 0 aliphatic carbocycles. The predicted molar refractivity (Wildman–Crippen MR) is 44.3 cm³/mol. The second kappa shape index (κ2) is 3.80. The highest BCUT2D eigenvalue weighted by atomic mass is 19.4. The van der Waals surface area contributed by atoms with Crippen molar-refractivity contribution in [2.24, 2.45) is 0 Å². The molecule has 0 saturated heterocycles. The van der Waals surface area contributed by atoms with E-state index in [4.69, 9.17) is 0 Å². The molecule has 7 heteroatoms. The summed E-state index contributed by atoms with van der Waals surface area (Å²) < 4.78 is 60.9. The first-order valence-corrected chi connectivity index (χ1v) is 4.07. The van der Waals surface area contributed by atoms with Gasteiger partial charge in [0.25, 0.3) is 0 Å². The van der Waals surface area contributed by atoms with E-state index in [1.807, 2.05) is 0 Å². The highest BCUT2D eigenvalue weighted by Crippen LogP contribution is 2.37. The summed E-state index contributed by atoms with van der Waals surface area (Å²) in [4.78, 5) is 14.3. The fourth-order valence-electron chi connectivity index (χ4n) is 0.989. The summed E-state index contributed by atoms with van der Waals surface area (Å²) in [6.45, 7) is 1.43. The summed E-state index contributed by atoms with van der Waals surface area (Å²) >= 11 is 0. The minimum atomic E-state index is -5.90. The molecule has 0 atom stereocenters. The van der Waals surface area contributed by atoms with Gasteiger partial charge in [0.15, 0.2) is 0 Å². The van der Waals surface area contributed by atoms with Gasteiger partial charge in [-0.2, -0.15) is 22.0 Å². The molecule has 1 aromatic rings. The normalized spacial score (nSPS) is 12.6. The van der Waals surface area contributed by atoms with Crippen molar-refractivity contribution < 1.29 is 26.7 Å². The van der Waals surface area contributed by atoms with Crippen molar-refractivity contribution in [3.63, 3.8) is 0 Å². The van der Waals surface area contributed by atoms with Gasteiger partial charge >= 0.3 is 12.1 Å². The maximum atomic E-state index is 12.6. The van der Waals surface area contributed by atoms with Gasteiger partial charge in [0, 0.05) is 18.0 Å². The van der Waals surface area contributed by atoms with Crippen molar-refractivity contribution >= 4 is 5.78 Å². The Morgan fingerprint density at radius 1 is 1.19 bits per heavy atom. The number of aromatic nitrogens is 1. The molecule has 0 unspecified atom stereocenters. The van der Waals surface area contributed by atoms with E-state index in [-0.39, 0.29) is 0 Å². The lowest BCUT2D eigenvalue weighted by Gasteiger charge is -2.17. The minimum Gasteiger partial charge on any atom is -0.287 e. The molecule has 0 radical (unpaired) electrons. The number of rotatable bonds is 2. The van der Waals surface area contributed by atoms with Gasteiger partial charge in [0.2, 0.25) is 5.78 Å². The molecule has 88 valence electrons. The van der Waals surface area contributed by atoms with E-state index in [0.29, 0.717) is 11.8 Å². The molecular weight excluding hydrogens is 233 g/mol. The number of alkyl halides is 5. The maximum absolute atomic E-state index is 12.6. The van der Waals surface area contributed by atoms with Crippen molar-refractivity contribution in [1.29, 1.82) is 0 Å². The third kappa shape index (κ3) is 2.17. The molecule has 0 bridgehead atoms. The summed E-state index contributed by atoms with van der Waals surface area (Å²) in [7, 11) is 0. The van der Waals surface area contributed by atoms with E-state index in [0.717, 1.165) is 6.07 Å². The second-order valence-electron chi connectivity index (χ2n) is 3.15. The Hall–Kier alpha value is -1.53. The number of ketones is 1. The molecule has 0 aromatic carbocycles. The van der Waals surface area contributed by atoms with Gasteiger partial charge in [-0.15, -0.1) is 0 Å². The van der Waals surface area contributed by atoms with Crippen LogP contribution in [0.5, 0.6) is 0 Å². The number of pyridine rings is 1. The summed E-state index contributed by atoms with van der Waals surface area (Å²) in [5.41, 5.74) is -0.439. The van der Waals surface area contributed by atoms with Crippen LogP contribution in [0.2, 0.25) is 0 Å². The van der Waals surface area contributed by atoms with Gasteiger partial charge in [-0.25, -0.2) is 0 Å². The molecule has 0 fully saturated rings. The van der Waals surface area contributed by atoms with E-state index in [2.05, 4.69) is 4.98 Å². The Morgan fingerprint density at radius 3 is 2.19 bits per heavy atom. The zero-order valence-corrected chi connectivity index (χ0v) is 7.98. The topological polar surface area (TPSA) is 30.0 Å². The first kappa shape index (κ1) is 12.5. The van der Waals surface area contributed by atoms with Gasteiger partial charge in [-0.05, 0) is 18.6 Å². The molecule has 1 heterocycles. The van der Waals surface area contributed by atoms with Crippen LogP contribution in [0, 0.1) is 6.92 Å². The van der Waals surface area contributed by atoms with Crippen molar-refractivity contribution in [2.75, 3.05) is 0 Å². The van der Waals surface area contributed by atoms with Crippen molar-refractivity contribution in [2.45, 2.75) is 19.0 Å². The van der Waals surface area contributed by atoms with Crippen LogP contribution >= 0.6 is 0 Å². The van der Waals surface area contributed by atoms with E-state index in [9.17, 15) is 26.7 Å². The van der Waals surface area contributed by atoms with Gasteiger partial charge in [0.1, 0.15) is 0 Å². The highest BCUT2D eigenvalue weighted by Gasteiger charge is 2.63. The van der Waals surface area contributed by atoms with Crippen LogP contribution in [0.1, 0.15) is 15.9 Å². The highest BCUT2D eigenvalue weighted by molar-refractivity contribution is 6.01. The molecule has 1 rings (SSSR count). The lowest BCUT2D eigenvalue weighted by Crippen LogP contribution is -2.44. The largest absolute Gasteiger partial charge is 0.461 e. The predicted octanol–water partition coefficient (Wildman–Crippen LogP) is 2.77. The molecule has 0 amide bonds. The standard InChI is InChI=1S/C9H6F5NO/c1-5-2-6(4-15-3-5)7(16)8(10,11)9(12,13)14/h2-4H,1H3. The molecule has 1 aromatic heterocycles. The molecule has 0 spiro atoms. The third-order valence-electron chi connectivity index (χ3n) is 1.78. The SMILES string of the molecule is Cc1cncc(C(=O)C(F)(F)C(F)(F)F)c1. The summed E-state index contributed by atoms with van der Waals surface area (Å²) in [5, 5.41) is 0. The smallest absolute Gasteiger partial charge is 0.287 e. The number of nitrogens with zero attached hydrogens (tertiary/aromatic N) is 1. The summed E-state index contributed by atoms with van der Waals surface area (Å²) in [5.74, 6) is -7.68. The van der Waals surface area contributed by atoms with Crippen LogP contribution in [-0.4, -0.2) is 22.9 Å². The number of Topliss-reactive ketones (excluding diaryl/α,β-unsaturated/α-hetero) is 1. The van der Waals surface area contributed by atoms with Gasteiger partial charge in [-0.1, -0.05) is 0 Å². The summed E-state index contributed by atoms with van der Waals surface area (Å²) in [6.07, 6.45) is -3.98. The Kier molecular flexibility index (Phi) is 2.98. The Balaban J connectivity index is 3.12. The van der Waals surface area contributed by atoms with Crippen LogP contribution in [0.4, 0.5) is 22.0 Å². The molecular formula is C9H6F5NO. The average molecular weight is 239 g/mol. The van der Waals surface area contributed by atoms with Crippen LogP contribution < -0.4 is 0 Å². The number of aryl methyl sites for hydroxylation is 1. The monoisotopic (exact) mass is 239 g/mol. The fourth-order valence-corrected chi connectivity index (χ4v) is 0.989. The number of carbonyl (C=O) groups is 1. The van der Waals surface area contributed by atoms with Crippen molar-refractivity contribution in [3.8, 4) is 0 Å². The number of halogens is 5. The van der Waals surface area contributed by atoms with E-state index in [1.165, 1.54) is 13.1 Å². The van der Waals surface area contributed by atoms with Crippen molar-refractivity contribution in [1.82, 2.24) is 4.98 Å². The lowest BCUT2D eigenvalue weighted by molar-refractivity contribution is -0.255. The quantitative estimate of drug-likeness (QED) is 0.586. The molecule has 0 aliphatic heterocycles. The molecule has 16 heavy (non-hydrogen) atoms. The second-order valence-corrected chi connectivity index (χ2v) is 3.15. The van der Waals surface area contributed by atoms with Gasteiger partial charge in [0.05, 0.1) is 0 Å². The van der Waals surface area contributed by atoms with E-state index < -0.39 is 23.4 Å². The molecule has 2 nitrogen and oxygen atoms in total. The minimum absolute atomic E-state index is 0.323. The fraction of sp³-hybridized carbons (Fsp3) is 0.333.